The third-order valence-corrected chi connectivity index (χ3v) is 4.41. The molecule has 1 aliphatic heterocycles. The zero-order valence-corrected chi connectivity index (χ0v) is 15.1. The van der Waals surface area contributed by atoms with Gasteiger partial charge in [0.1, 0.15) is 0 Å². The maximum Gasteiger partial charge on any atom is 0.303 e. The average Bonchev–Trinajstić information content (AvgIpc) is 3.00. The van der Waals surface area contributed by atoms with Crippen molar-refractivity contribution in [3.05, 3.63) is 29.3 Å². The van der Waals surface area contributed by atoms with Crippen LogP contribution in [-0.2, 0) is 9.59 Å². The van der Waals surface area contributed by atoms with Crippen LogP contribution in [0.5, 0.6) is 0 Å². The fourth-order valence-electron chi connectivity index (χ4n) is 3.14. The molecule has 136 valence electrons. The van der Waals surface area contributed by atoms with Gasteiger partial charge in [-0.1, -0.05) is 13.8 Å². The molecule has 0 aromatic heterocycles. The van der Waals surface area contributed by atoms with Crippen LogP contribution in [0.15, 0.2) is 18.2 Å². The van der Waals surface area contributed by atoms with Crippen molar-refractivity contribution in [1.82, 2.24) is 4.90 Å². The summed E-state index contributed by atoms with van der Waals surface area (Å²) in [5.74, 6) is -1.12. The zero-order chi connectivity index (χ0) is 18.6. The molecular formula is C19H26N2O4. The first-order valence-corrected chi connectivity index (χ1v) is 8.59. The van der Waals surface area contributed by atoms with E-state index in [1.807, 2.05) is 11.8 Å². The number of nitrogens with one attached hydrogen (secondary N) is 1. The number of carbonyl (C=O) groups excluding carboxylic acids is 2. The van der Waals surface area contributed by atoms with E-state index >= 15 is 0 Å². The number of benzene rings is 1. The Hall–Kier alpha value is -2.37. The summed E-state index contributed by atoms with van der Waals surface area (Å²) in [6.45, 7) is 6.96. The first kappa shape index (κ1) is 19.0. The lowest BCUT2D eigenvalue weighted by atomic mass is 9.85. The van der Waals surface area contributed by atoms with E-state index in [-0.39, 0.29) is 24.7 Å². The first-order chi connectivity index (χ1) is 11.7. The van der Waals surface area contributed by atoms with Crippen LogP contribution >= 0.6 is 0 Å². The number of nitrogens with zero attached hydrogens (tertiary/aromatic N) is 1. The quantitative estimate of drug-likeness (QED) is 0.829. The van der Waals surface area contributed by atoms with E-state index < -0.39 is 11.4 Å². The molecule has 0 atom stereocenters. The molecule has 1 heterocycles. The minimum absolute atomic E-state index is 0.0288. The van der Waals surface area contributed by atoms with Crippen LogP contribution in [0, 0.1) is 12.3 Å². The minimum atomic E-state index is -0.918. The molecule has 1 aromatic carbocycles. The summed E-state index contributed by atoms with van der Waals surface area (Å²) < 4.78 is 0. The van der Waals surface area contributed by atoms with Crippen LogP contribution < -0.4 is 5.32 Å². The molecule has 2 rings (SSSR count). The van der Waals surface area contributed by atoms with Crippen molar-refractivity contribution >= 4 is 23.5 Å². The lowest BCUT2D eigenvalue weighted by Gasteiger charge is -2.22. The van der Waals surface area contributed by atoms with E-state index in [0.29, 0.717) is 11.3 Å². The van der Waals surface area contributed by atoms with E-state index in [4.69, 9.17) is 5.11 Å². The lowest BCUT2D eigenvalue weighted by molar-refractivity contribution is -0.139. The van der Waals surface area contributed by atoms with Crippen molar-refractivity contribution in [3.63, 3.8) is 0 Å². The van der Waals surface area contributed by atoms with E-state index in [0.717, 1.165) is 31.5 Å². The van der Waals surface area contributed by atoms with E-state index in [2.05, 4.69) is 5.32 Å². The maximum atomic E-state index is 12.4. The Labute approximate surface area is 148 Å². The molecule has 0 saturated carbocycles. The van der Waals surface area contributed by atoms with Gasteiger partial charge in [0.15, 0.2) is 0 Å². The zero-order valence-electron chi connectivity index (χ0n) is 15.1. The fourth-order valence-corrected chi connectivity index (χ4v) is 3.14. The normalized spacial score (nSPS) is 14.4. The predicted molar refractivity (Wildman–Crippen MR) is 95.6 cm³/mol. The number of amides is 2. The summed E-state index contributed by atoms with van der Waals surface area (Å²) in [4.78, 5) is 37.3. The highest BCUT2D eigenvalue weighted by Gasteiger charge is 2.25. The van der Waals surface area contributed by atoms with Gasteiger partial charge in [-0.3, -0.25) is 14.4 Å². The largest absolute Gasteiger partial charge is 0.481 e. The smallest absolute Gasteiger partial charge is 0.303 e. The van der Waals surface area contributed by atoms with Crippen LogP contribution in [0.3, 0.4) is 0 Å². The highest BCUT2D eigenvalue weighted by atomic mass is 16.4. The highest BCUT2D eigenvalue weighted by Crippen LogP contribution is 2.26. The van der Waals surface area contributed by atoms with Gasteiger partial charge in [-0.25, -0.2) is 0 Å². The molecule has 1 aliphatic rings. The standard InChI is InChI=1S/C19H26N2O4/c1-13-10-14(18(25)21-8-4-5-9-21)6-7-15(13)20-16(22)11-19(2,3)12-17(23)24/h6-7,10H,4-5,8-9,11-12H2,1-3H3,(H,20,22)(H,23,24). The minimum Gasteiger partial charge on any atom is -0.481 e. The number of carboxylic acid groups (broad SMARTS) is 1. The average molecular weight is 346 g/mol. The Morgan fingerprint density at radius 3 is 2.36 bits per heavy atom. The van der Waals surface area contributed by atoms with Crippen molar-refractivity contribution in [2.45, 2.75) is 46.5 Å². The Bertz CT molecular complexity index is 676. The molecule has 0 aliphatic carbocycles. The third kappa shape index (κ3) is 5.31. The van der Waals surface area contributed by atoms with Gasteiger partial charge in [-0.15, -0.1) is 0 Å². The molecule has 1 fully saturated rings. The van der Waals surface area contributed by atoms with Gasteiger partial charge in [0.05, 0.1) is 6.42 Å². The number of rotatable bonds is 6. The number of anilines is 1. The van der Waals surface area contributed by atoms with Crippen LogP contribution in [-0.4, -0.2) is 40.9 Å². The monoisotopic (exact) mass is 346 g/mol. The summed E-state index contributed by atoms with van der Waals surface area (Å²) in [6, 6.07) is 5.26. The Morgan fingerprint density at radius 1 is 1.16 bits per heavy atom. The molecule has 0 radical (unpaired) electrons. The number of likely N-dealkylation sites (tertiary alicyclic amines) is 1. The summed E-state index contributed by atoms with van der Waals surface area (Å²) in [7, 11) is 0. The molecule has 25 heavy (non-hydrogen) atoms. The molecule has 0 unspecified atom stereocenters. The van der Waals surface area contributed by atoms with Gasteiger partial charge in [-0.05, 0) is 48.9 Å². The second-order valence-corrected chi connectivity index (χ2v) is 7.49. The van der Waals surface area contributed by atoms with Crippen molar-refractivity contribution in [2.75, 3.05) is 18.4 Å². The maximum absolute atomic E-state index is 12.4. The molecule has 2 amide bonds. The Morgan fingerprint density at radius 2 is 1.80 bits per heavy atom. The van der Waals surface area contributed by atoms with Crippen molar-refractivity contribution in [2.24, 2.45) is 5.41 Å². The van der Waals surface area contributed by atoms with Crippen LogP contribution in [0.1, 0.15) is 55.5 Å². The summed E-state index contributed by atoms with van der Waals surface area (Å²) in [5, 5.41) is 11.7. The molecule has 0 bridgehead atoms. The molecule has 1 aromatic rings. The van der Waals surface area contributed by atoms with Crippen molar-refractivity contribution in [3.8, 4) is 0 Å². The molecular weight excluding hydrogens is 320 g/mol. The summed E-state index contributed by atoms with van der Waals surface area (Å²) in [5.41, 5.74) is 1.47. The Balaban J connectivity index is 2.02. The Kier molecular flexibility index (Phi) is 5.82. The summed E-state index contributed by atoms with van der Waals surface area (Å²) in [6.07, 6.45) is 2.14. The topological polar surface area (TPSA) is 86.7 Å². The molecule has 2 N–H and O–H groups in total. The lowest BCUT2D eigenvalue weighted by Crippen LogP contribution is -2.27. The van der Waals surface area contributed by atoms with E-state index in [1.54, 1.807) is 32.0 Å². The van der Waals surface area contributed by atoms with Crippen molar-refractivity contribution < 1.29 is 19.5 Å². The summed E-state index contributed by atoms with van der Waals surface area (Å²) >= 11 is 0. The number of aryl methyl sites for hydroxylation is 1. The number of carboxylic acids is 1. The molecule has 6 nitrogen and oxygen atoms in total. The van der Waals surface area contributed by atoms with Gasteiger partial charge >= 0.3 is 5.97 Å². The fraction of sp³-hybridized carbons (Fsp3) is 0.526. The molecule has 6 heteroatoms. The number of aliphatic carboxylic acids is 1. The SMILES string of the molecule is Cc1cc(C(=O)N2CCCC2)ccc1NC(=O)CC(C)(C)CC(=O)O. The highest BCUT2D eigenvalue weighted by molar-refractivity contribution is 5.96. The second kappa shape index (κ2) is 7.68. The predicted octanol–water partition coefficient (Wildman–Crippen LogP) is 3.06. The third-order valence-electron chi connectivity index (χ3n) is 4.41. The number of hydrogen-bond donors (Lipinski definition) is 2. The first-order valence-electron chi connectivity index (χ1n) is 8.59. The van der Waals surface area contributed by atoms with Crippen LogP contribution in [0.4, 0.5) is 5.69 Å². The van der Waals surface area contributed by atoms with Crippen LogP contribution in [0.2, 0.25) is 0 Å². The second-order valence-electron chi connectivity index (χ2n) is 7.49. The van der Waals surface area contributed by atoms with Gasteiger partial charge in [-0.2, -0.15) is 0 Å². The van der Waals surface area contributed by atoms with Gasteiger partial charge in [0, 0.05) is 30.8 Å². The van der Waals surface area contributed by atoms with Gasteiger partial charge < -0.3 is 15.3 Å². The molecule has 1 saturated heterocycles. The number of hydrogen-bond acceptors (Lipinski definition) is 3. The van der Waals surface area contributed by atoms with Gasteiger partial charge in [0.2, 0.25) is 5.91 Å². The van der Waals surface area contributed by atoms with Crippen molar-refractivity contribution in [1.29, 1.82) is 0 Å². The van der Waals surface area contributed by atoms with Crippen LogP contribution in [0.25, 0.3) is 0 Å². The number of carbonyl (C=O) groups is 3. The van der Waals surface area contributed by atoms with E-state index in [1.165, 1.54) is 0 Å². The molecule has 0 spiro atoms. The van der Waals surface area contributed by atoms with Gasteiger partial charge in [0.25, 0.3) is 5.91 Å². The van der Waals surface area contributed by atoms with E-state index in [9.17, 15) is 14.4 Å².